The summed E-state index contributed by atoms with van der Waals surface area (Å²) < 4.78 is 10.3. The highest BCUT2D eigenvalue weighted by molar-refractivity contribution is 5.97. The lowest BCUT2D eigenvalue weighted by Gasteiger charge is -2.29. The van der Waals surface area contributed by atoms with E-state index in [2.05, 4.69) is 5.32 Å². The smallest absolute Gasteiger partial charge is 0.305 e. The van der Waals surface area contributed by atoms with E-state index in [1.54, 1.807) is 18.2 Å². The van der Waals surface area contributed by atoms with Crippen LogP contribution in [-0.2, 0) is 4.79 Å². The number of benzene rings is 1. The van der Waals surface area contributed by atoms with Crippen LogP contribution < -0.4 is 14.8 Å². The van der Waals surface area contributed by atoms with Crippen LogP contribution in [0.4, 0.5) is 0 Å². The molecule has 1 aromatic rings. The van der Waals surface area contributed by atoms with Gasteiger partial charge in [0.1, 0.15) is 11.5 Å². The average Bonchev–Trinajstić information content (AvgIpc) is 2.93. The first-order valence-electron chi connectivity index (χ1n) is 7.26. The molecule has 0 spiro atoms. The van der Waals surface area contributed by atoms with Crippen molar-refractivity contribution in [2.45, 2.75) is 37.6 Å². The molecule has 1 aromatic carbocycles. The molecule has 0 aromatic heterocycles. The zero-order valence-electron chi connectivity index (χ0n) is 12.8. The van der Waals surface area contributed by atoms with Crippen molar-refractivity contribution in [2.75, 3.05) is 14.2 Å². The monoisotopic (exact) mass is 307 g/mol. The van der Waals surface area contributed by atoms with E-state index in [0.717, 1.165) is 12.8 Å². The number of carbonyl (C=O) groups is 2. The number of nitrogens with one attached hydrogen (secondary N) is 1. The molecule has 1 aliphatic rings. The molecule has 6 nitrogen and oxygen atoms in total. The molecule has 1 saturated carbocycles. The third-order valence-corrected chi connectivity index (χ3v) is 4.08. The van der Waals surface area contributed by atoms with E-state index < -0.39 is 11.5 Å². The first-order valence-corrected chi connectivity index (χ1v) is 7.26. The van der Waals surface area contributed by atoms with Crippen LogP contribution in [0, 0.1) is 0 Å². The fraction of sp³-hybridized carbons (Fsp3) is 0.500. The quantitative estimate of drug-likeness (QED) is 0.842. The van der Waals surface area contributed by atoms with Crippen molar-refractivity contribution in [2.24, 2.45) is 0 Å². The molecule has 120 valence electrons. The minimum absolute atomic E-state index is 0.0583. The zero-order chi connectivity index (χ0) is 16.2. The van der Waals surface area contributed by atoms with E-state index in [-0.39, 0.29) is 12.3 Å². The maximum Gasteiger partial charge on any atom is 0.305 e. The third-order valence-electron chi connectivity index (χ3n) is 4.08. The first kappa shape index (κ1) is 16.1. The van der Waals surface area contributed by atoms with Gasteiger partial charge in [-0.05, 0) is 25.0 Å². The normalized spacial score (nSPS) is 16.1. The fourth-order valence-corrected chi connectivity index (χ4v) is 2.98. The summed E-state index contributed by atoms with van der Waals surface area (Å²) in [5.41, 5.74) is -0.284. The number of carbonyl (C=O) groups excluding carboxylic acids is 1. The van der Waals surface area contributed by atoms with Gasteiger partial charge >= 0.3 is 5.97 Å². The molecule has 1 amide bonds. The van der Waals surface area contributed by atoms with Crippen LogP contribution in [0.3, 0.4) is 0 Å². The second kappa shape index (κ2) is 6.68. The highest BCUT2D eigenvalue weighted by Gasteiger charge is 2.38. The van der Waals surface area contributed by atoms with Gasteiger partial charge in [0.05, 0.1) is 31.7 Å². The van der Waals surface area contributed by atoms with Gasteiger partial charge in [0.2, 0.25) is 0 Å². The summed E-state index contributed by atoms with van der Waals surface area (Å²) in [5, 5.41) is 12.0. The summed E-state index contributed by atoms with van der Waals surface area (Å²) in [6.45, 7) is 0. The van der Waals surface area contributed by atoms with E-state index in [9.17, 15) is 9.59 Å². The molecule has 22 heavy (non-hydrogen) atoms. The van der Waals surface area contributed by atoms with Crippen LogP contribution in [0.5, 0.6) is 11.5 Å². The van der Waals surface area contributed by atoms with Crippen LogP contribution in [-0.4, -0.2) is 36.7 Å². The van der Waals surface area contributed by atoms with E-state index in [1.165, 1.54) is 14.2 Å². The molecule has 0 heterocycles. The SMILES string of the molecule is COc1ccc(C(=O)NC2(CC(=O)O)CCCC2)c(OC)c1. The molecule has 2 N–H and O–H groups in total. The largest absolute Gasteiger partial charge is 0.497 e. The van der Waals surface area contributed by atoms with Crippen molar-refractivity contribution < 1.29 is 24.2 Å². The molecule has 0 aliphatic heterocycles. The van der Waals surface area contributed by atoms with Gasteiger partial charge in [0.15, 0.2) is 0 Å². The summed E-state index contributed by atoms with van der Waals surface area (Å²) in [6.07, 6.45) is 3.16. The minimum atomic E-state index is -0.899. The number of aliphatic carboxylic acids is 1. The number of ether oxygens (including phenoxy) is 2. The average molecular weight is 307 g/mol. The molecular weight excluding hydrogens is 286 g/mol. The molecule has 0 radical (unpaired) electrons. The number of hydrogen-bond acceptors (Lipinski definition) is 4. The lowest BCUT2D eigenvalue weighted by molar-refractivity contribution is -0.138. The van der Waals surface area contributed by atoms with Gasteiger partial charge in [0, 0.05) is 6.07 Å². The van der Waals surface area contributed by atoms with Crippen molar-refractivity contribution in [3.8, 4) is 11.5 Å². The van der Waals surface area contributed by atoms with E-state index in [0.29, 0.717) is 29.9 Å². The van der Waals surface area contributed by atoms with Gasteiger partial charge in [-0.1, -0.05) is 12.8 Å². The Bertz CT molecular complexity index is 564. The zero-order valence-corrected chi connectivity index (χ0v) is 12.8. The third kappa shape index (κ3) is 3.50. The van der Waals surface area contributed by atoms with E-state index >= 15 is 0 Å². The topological polar surface area (TPSA) is 84.9 Å². The predicted molar refractivity (Wildman–Crippen MR) is 80.5 cm³/mol. The van der Waals surface area contributed by atoms with Crippen LogP contribution in [0.2, 0.25) is 0 Å². The number of amides is 1. The Balaban J connectivity index is 2.22. The van der Waals surface area contributed by atoms with Crippen molar-refractivity contribution in [1.82, 2.24) is 5.32 Å². The van der Waals surface area contributed by atoms with Gasteiger partial charge < -0.3 is 19.9 Å². The van der Waals surface area contributed by atoms with Gasteiger partial charge in [-0.25, -0.2) is 0 Å². The molecule has 1 aliphatic carbocycles. The second-order valence-electron chi connectivity index (χ2n) is 5.58. The molecule has 0 bridgehead atoms. The van der Waals surface area contributed by atoms with Gasteiger partial charge in [0.25, 0.3) is 5.91 Å². The molecule has 0 unspecified atom stereocenters. The van der Waals surface area contributed by atoms with Crippen molar-refractivity contribution in [1.29, 1.82) is 0 Å². The van der Waals surface area contributed by atoms with Crippen molar-refractivity contribution in [3.05, 3.63) is 23.8 Å². The number of rotatable bonds is 6. The summed E-state index contributed by atoms with van der Waals surface area (Å²) in [6, 6.07) is 4.93. The first-order chi connectivity index (χ1) is 10.5. The Labute approximate surface area is 129 Å². The van der Waals surface area contributed by atoms with Crippen molar-refractivity contribution >= 4 is 11.9 Å². The Morgan fingerprint density at radius 2 is 1.91 bits per heavy atom. The lowest BCUT2D eigenvalue weighted by atomic mass is 9.92. The highest BCUT2D eigenvalue weighted by Crippen LogP contribution is 2.34. The fourth-order valence-electron chi connectivity index (χ4n) is 2.98. The highest BCUT2D eigenvalue weighted by atomic mass is 16.5. The van der Waals surface area contributed by atoms with Crippen molar-refractivity contribution in [3.63, 3.8) is 0 Å². The molecule has 1 fully saturated rings. The van der Waals surface area contributed by atoms with Crippen LogP contribution >= 0.6 is 0 Å². The Morgan fingerprint density at radius 3 is 2.45 bits per heavy atom. The van der Waals surface area contributed by atoms with E-state index in [1.807, 2.05) is 0 Å². The Hall–Kier alpha value is -2.24. The standard InChI is InChI=1S/C16H21NO5/c1-21-11-5-6-12(13(9-11)22-2)15(20)17-16(10-14(18)19)7-3-4-8-16/h5-6,9H,3-4,7-8,10H2,1-2H3,(H,17,20)(H,18,19). The number of hydrogen-bond donors (Lipinski definition) is 2. The second-order valence-corrected chi connectivity index (χ2v) is 5.58. The molecule has 2 rings (SSSR count). The predicted octanol–water partition coefficient (Wildman–Crippen LogP) is 2.22. The van der Waals surface area contributed by atoms with E-state index in [4.69, 9.17) is 14.6 Å². The Kier molecular flexibility index (Phi) is 4.90. The molecule has 0 atom stereocenters. The maximum atomic E-state index is 12.5. The van der Waals surface area contributed by atoms with Crippen LogP contribution in [0.15, 0.2) is 18.2 Å². The summed E-state index contributed by atoms with van der Waals surface area (Å²) in [5.74, 6) is -0.221. The molecule has 0 saturated heterocycles. The summed E-state index contributed by atoms with van der Waals surface area (Å²) >= 11 is 0. The lowest BCUT2D eigenvalue weighted by Crippen LogP contribution is -2.47. The molecular formula is C16H21NO5. The van der Waals surface area contributed by atoms with Gasteiger partial charge in [-0.2, -0.15) is 0 Å². The summed E-state index contributed by atoms with van der Waals surface area (Å²) in [7, 11) is 3.02. The molecule has 6 heteroatoms. The van der Waals surface area contributed by atoms with Crippen LogP contribution in [0.1, 0.15) is 42.5 Å². The minimum Gasteiger partial charge on any atom is -0.497 e. The number of carboxylic acid groups (broad SMARTS) is 1. The van der Waals surface area contributed by atoms with Crippen LogP contribution in [0.25, 0.3) is 0 Å². The van der Waals surface area contributed by atoms with Gasteiger partial charge in [-0.15, -0.1) is 0 Å². The number of carboxylic acids is 1. The van der Waals surface area contributed by atoms with Gasteiger partial charge in [-0.3, -0.25) is 9.59 Å². The number of methoxy groups -OCH3 is 2. The summed E-state index contributed by atoms with van der Waals surface area (Å²) in [4.78, 5) is 23.6. The maximum absolute atomic E-state index is 12.5. The Morgan fingerprint density at radius 1 is 1.23 bits per heavy atom.